The summed E-state index contributed by atoms with van der Waals surface area (Å²) < 4.78 is 22.5. The third-order valence-electron chi connectivity index (χ3n) is 4.92. The number of benzene rings is 1. The minimum atomic E-state index is -0.535. The maximum atomic E-state index is 11.9. The van der Waals surface area contributed by atoms with Crippen molar-refractivity contribution in [2.75, 3.05) is 14.2 Å². The highest BCUT2D eigenvalue weighted by atomic mass is 16.7. The summed E-state index contributed by atoms with van der Waals surface area (Å²) in [7, 11) is 2.40. The van der Waals surface area contributed by atoms with Gasteiger partial charge in [0.2, 0.25) is 0 Å². The van der Waals surface area contributed by atoms with Crippen LogP contribution in [0.3, 0.4) is 0 Å². The second-order valence-electron chi connectivity index (χ2n) is 6.91. The average molecular weight is 331 g/mol. The molecule has 1 fully saturated rings. The second kappa shape index (κ2) is 5.53. The fraction of sp³-hybridized carbons (Fsp3) is 0.471. The topological polar surface area (TPSA) is 69.8 Å². The van der Waals surface area contributed by atoms with Crippen molar-refractivity contribution in [2.45, 2.75) is 38.9 Å². The lowest BCUT2D eigenvalue weighted by molar-refractivity contribution is 0.00578. The molecule has 7 heteroatoms. The highest BCUT2D eigenvalue weighted by Gasteiger charge is 2.52. The van der Waals surface area contributed by atoms with Gasteiger partial charge in [-0.05, 0) is 39.8 Å². The molecule has 0 atom stereocenters. The number of hydrogen-bond donors (Lipinski definition) is 1. The Balaban J connectivity index is 2.13. The zero-order valence-electron chi connectivity index (χ0n) is 14.9. The first-order chi connectivity index (χ1) is 11.2. The number of ether oxygens (including phenoxy) is 2. The molecule has 1 aromatic heterocycles. The molecule has 0 spiro atoms. The van der Waals surface area contributed by atoms with Gasteiger partial charge in [-0.25, -0.2) is 4.79 Å². The lowest BCUT2D eigenvalue weighted by Crippen LogP contribution is -2.41. The molecule has 1 aromatic carbocycles. The van der Waals surface area contributed by atoms with E-state index in [4.69, 9.17) is 18.8 Å². The smallest absolute Gasteiger partial charge is 0.496 e. The van der Waals surface area contributed by atoms with Crippen molar-refractivity contribution in [1.82, 2.24) is 4.98 Å². The van der Waals surface area contributed by atoms with Crippen molar-refractivity contribution in [3.63, 3.8) is 0 Å². The number of nitrogens with one attached hydrogen (secondary N) is 1. The quantitative estimate of drug-likeness (QED) is 0.690. The largest absolute Gasteiger partial charge is 0.497 e. The van der Waals surface area contributed by atoms with Gasteiger partial charge in [0.1, 0.15) is 11.4 Å². The number of carbonyl (C=O) groups is 1. The fourth-order valence-electron chi connectivity index (χ4n) is 2.78. The number of hydrogen-bond acceptors (Lipinski definition) is 5. The standard InChI is InChI=1S/C17H22BNO5/c1-16(2)17(3,4)24-18(23-16)11-7-8-13(21-5)10-9-12(15(20)22-6)19-14(10)11/h7-9,19H,1-6H3. The van der Waals surface area contributed by atoms with Crippen LogP contribution >= 0.6 is 0 Å². The van der Waals surface area contributed by atoms with Gasteiger partial charge in [-0.15, -0.1) is 0 Å². The minimum Gasteiger partial charge on any atom is -0.496 e. The van der Waals surface area contributed by atoms with Gasteiger partial charge in [-0.1, -0.05) is 6.07 Å². The molecule has 1 aliphatic rings. The highest BCUT2D eigenvalue weighted by Crippen LogP contribution is 2.37. The van der Waals surface area contributed by atoms with Crippen LogP contribution in [0.2, 0.25) is 0 Å². The van der Waals surface area contributed by atoms with E-state index in [1.165, 1.54) is 7.11 Å². The Morgan fingerprint density at radius 2 is 1.75 bits per heavy atom. The lowest BCUT2D eigenvalue weighted by atomic mass is 9.78. The van der Waals surface area contributed by atoms with Crippen molar-refractivity contribution < 1.29 is 23.6 Å². The van der Waals surface area contributed by atoms with Gasteiger partial charge < -0.3 is 23.8 Å². The summed E-state index contributed by atoms with van der Waals surface area (Å²) in [5.74, 6) is 0.227. The van der Waals surface area contributed by atoms with E-state index in [1.54, 1.807) is 13.2 Å². The number of esters is 1. The molecule has 3 rings (SSSR count). The zero-order chi connectivity index (χ0) is 17.7. The first-order valence-electron chi connectivity index (χ1n) is 7.84. The van der Waals surface area contributed by atoms with Crippen molar-refractivity contribution in [2.24, 2.45) is 0 Å². The fourth-order valence-corrected chi connectivity index (χ4v) is 2.78. The predicted octanol–water partition coefficient (Wildman–Crippen LogP) is 2.26. The van der Waals surface area contributed by atoms with E-state index in [0.717, 1.165) is 16.4 Å². The summed E-state index contributed by atoms with van der Waals surface area (Å²) in [6, 6.07) is 5.45. The lowest BCUT2D eigenvalue weighted by Gasteiger charge is -2.32. The summed E-state index contributed by atoms with van der Waals surface area (Å²) in [6.07, 6.45) is 0. The third-order valence-corrected chi connectivity index (χ3v) is 4.92. The van der Waals surface area contributed by atoms with Crippen LogP contribution in [0.25, 0.3) is 10.9 Å². The Hall–Kier alpha value is -1.99. The van der Waals surface area contributed by atoms with Gasteiger partial charge in [-0.3, -0.25) is 0 Å². The Labute approximate surface area is 141 Å². The van der Waals surface area contributed by atoms with Crippen molar-refractivity contribution in [3.05, 3.63) is 23.9 Å². The van der Waals surface area contributed by atoms with E-state index in [2.05, 4.69) is 4.98 Å². The summed E-state index contributed by atoms with van der Waals surface area (Å²) in [5.41, 5.74) is 1.03. The molecule has 0 unspecified atom stereocenters. The molecule has 0 amide bonds. The number of fused-ring (bicyclic) bond motifs is 1. The number of rotatable bonds is 3. The van der Waals surface area contributed by atoms with Crippen LogP contribution in [0.1, 0.15) is 38.2 Å². The summed E-state index contributed by atoms with van der Waals surface area (Å²) >= 11 is 0. The van der Waals surface area contributed by atoms with E-state index >= 15 is 0 Å². The molecular formula is C17H22BNO5. The van der Waals surface area contributed by atoms with Crippen molar-refractivity contribution in [3.8, 4) is 5.75 Å². The van der Waals surface area contributed by atoms with E-state index in [1.807, 2.05) is 39.8 Å². The first-order valence-corrected chi connectivity index (χ1v) is 7.84. The van der Waals surface area contributed by atoms with Crippen LogP contribution in [0.15, 0.2) is 18.2 Å². The van der Waals surface area contributed by atoms with E-state index in [9.17, 15) is 4.79 Å². The molecule has 1 aliphatic heterocycles. The number of aromatic nitrogens is 1. The molecule has 2 aromatic rings. The van der Waals surface area contributed by atoms with Gasteiger partial charge in [0.05, 0.1) is 25.4 Å². The highest BCUT2D eigenvalue weighted by molar-refractivity contribution is 6.65. The van der Waals surface area contributed by atoms with Crippen LogP contribution < -0.4 is 10.2 Å². The summed E-state index contributed by atoms with van der Waals surface area (Å²) in [4.78, 5) is 15.0. The molecule has 0 bridgehead atoms. The Bertz CT molecular complexity index is 780. The van der Waals surface area contributed by atoms with Crippen molar-refractivity contribution in [1.29, 1.82) is 0 Å². The molecule has 6 nitrogen and oxygen atoms in total. The Morgan fingerprint density at radius 3 is 2.29 bits per heavy atom. The molecule has 0 saturated carbocycles. The normalized spacial score (nSPS) is 18.8. The number of carbonyl (C=O) groups excluding carboxylic acids is 1. The van der Waals surface area contributed by atoms with E-state index in [0.29, 0.717) is 11.4 Å². The predicted molar refractivity (Wildman–Crippen MR) is 91.9 cm³/mol. The molecular weight excluding hydrogens is 309 g/mol. The van der Waals surface area contributed by atoms with E-state index in [-0.39, 0.29) is 0 Å². The molecule has 0 radical (unpaired) electrons. The van der Waals surface area contributed by atoms with E-state index < -0.39 is 24.3 Å². The van der Waals surface area contributed by atoms with Gasteiger partial charge >= 0.3 is 13.1 Å². The molecule has 2 heterocycles. The summed E-state index contributed by atoms with van der Waals surface area (Å²) in [6.45, 7) is 8.01. The van der Waals surface area contributed by atoms with Gasteiger partial charge in [-0.2, -0.15) is 0 Å². The Kier molecular flexibility index (Phi) is 3.88. The maximum absolute atomic E-state index is 11.9. The third kappa shape index (κ3) is 2.48. The van der Waals surface area contributed by atoms with Gasteiger partial charge in [0.25, 0.3) is 0 Å². The first kappa shape index (κ1) is 16.9. The van der Waals surface area contributed by atoms with Crippen LogP contribution in [0.4, 0.5) is 0 Å². The monoisotopic (exact) mass is 331 g/mol. The zero-order valence-corrected chi connectivity index (χ0v) is 14.9. The number of H-pyrrole nitrogens is 1. The minimum absolute atomic E-state index is 0.356. The second-order valence-corrected chi connectivity index (χ2v) is 6.91. The molecule has 0 aliphatic carbocycles. The van der Waals surface area contributed by atoms with Crippen LogP contribution in [-0.4, -0.2) is 43.5 Å². The van der Waals surface area contributed by atoms with Gasteiger partial charge in [0, 0.05) is 16.4 Å². The number of aromatic amines is 1. The maximum Gasteiger partial charge on any atom is 0.497 e. The Morgan fingerprint density at radius 1 is 1.12 bits per heavy atom. The summed E-state index contributed by atoms with van der Waals surface area (Å²) in [5, 5.41) is 0.783. The molecule has 24 heavy (non-hydrogen) atoms. The van der Waals surface area contributed by atoms with Crippen molar-refractivity contribution >= 4 is 29.5 Å². The average Bonchev–Trinajstić information content (AvgIpc) is 3.04. The van der Waals surface area contributed by atoms with Crippen LogP contribution in [-0.2, 0) is 14.0 Å². The molecule has 1 N–H and O–H groups in total. The number of methoxy groups -OCH3 is 2. The van der Waals surface area contributed by atoms with Gasteiger partial charge in [0.15, 0.2) is 0 Å². The molecule has 128 valence electrons. The van der Waals surface area contributed by atoms with Crippen LogP contribution in [0, 0.1) is 0 Å². The molecule has 1 saturated heterocycles. The van der Waals surface area contributed by atoms with Crippen LogP contribution in [0.5, 0.6) is 5.75 Å². The SMILES string of the molecule is COC(=O)c1cc2c(OC)ccc(B3OC(C)(C)C(C)(C)O3)c2[nH]1.